The Hall–Kier alpha value is -1.44. The quantitative estimate of drug-likeness (QED) is 0.755. The highest BCUT2D eigenvalue weighted by molar-refractivity contribution is 5.83. The molecule has 0 amide bonds. The number of aromatic amines is 1. The summed E-state index contributed by atoms with van der Waals surface area (Å²) in [6, 6.07) is 8.88. The maximum Gasteiger partial charge on any atom is 0.0455 e. The van der Waals surface area contributed by atoms with E-state index in [4.69, 9.17) is 0 Å². The Kier molecular flexibility index (Phi) is 4.68. The van der Waals surface area contributed by atoms with Gasteiger partial charge in [-0.25, -0.2) is 0 Å². The van der Waals surface area contributed by atoms with E-state index >= 15 is 0 Å². The van der Waals surface area contributed by atoms with E-state index in [0.29, 0.717) is 0 Å². The van der Waals surface area contributed by atoms with Crippen molar-refractivity contribution < 1.29 is 0 Å². The zero-order valence-corrected chi connectivity index (χ0v) is 11.6. The highest BCUT2D eigenvalue weighted by Crippen LogP contribution is 2.22. The largest absolute Gasteiger partial charge is 0.372 e. The normalized spacial score (nSPS) is 11.0. The lowest BCUT2D eigenvalue weighted by Crippen LogP contribution is -2.25. The zero-order valence-electron chi connectivity index (χ0n) is 11.6. The fourth-order valence-electron chi connectivity index (χ4n) is 2.31. The zero-order chi connectivity index (χ0) is 12.8. The molecule has 0 aliphatic rings. The highest BCUT2D eigenvalue weighted by Gasteiger charge is 2.06. The van der Waals surface area contributed by atoms with Crippen molar-refractivity contribution >= 4 is 16.6 Å². The second kappa shape index (κ2) is 6.48. The molecule has 0 fully saturated rings. The van der Waals surface area contributed by atoms with Crippen LogP contribution in [0.15, 0.2) is 30.5 Å². The van der Waals surface area contributed by atoms with Gasteiger partial charge in [0.1, 0.15) is 0 Å². The predicted octanol–water partition coefficient (Wildman–Crippen LogP) is 4.57. The lowest BCUT2D eigenvalue weighted by molar-refractivity contribution is 0.678. The summed E-state index contributed by atoms with van der Waals surface area (Å²) in [5.41, 5.74) is 2.59. The van der Waals surface area contributed by atoms with E-state index in [1.54, 1.807) is 0 Å². The molecule has 1 heterocycles. The minimum absolute atomic E-state index is 1.17. The highest BCUT2D eigenvalue weighted by atomic mass is 15.1. The first-order valence-electron chi connectivity index (χ1n) is 7.17. The summed E-state index contributed by atoms with van der Waals surface area (Å²) in [5.74, 6) is 0. The van der Waals surface area contributed by atoms with Crippen LogP contribution in [0.25, 0.3) is 10.9 Å². The number of rotatable bonds is 7. The summed E-state index contributed by atoms with van der Waals surface area (Å²) in [6.07, 6.45) is 7.07. The summed E-state index contributed by atoms with van der Waals surface area (Å²) in [4.78, 5) is 5.78. The van der Waals surface area contributed by atoms with Gasteiger partial charge in [0, 0.05) is 35.9 Å². The minimum atomic E-state index is 1.17. The third-order valence-electron chi connectivity index (χ3n) is 3.47. The SMILES string of the molecule is CCCCN(CCCC)c1ccc2[nH]ccc2c1. The first-order valence-corrected chi connectivity index (χ1v) is 7.17. The number of nitrogens with zero attached hydrogens (tertiary/aromatic N) is 1. The van der Waals surface area contributed by atoms with Gasteiger partial charge in [0.2, 0.25) is 0 Å². The number of fused-ring (bicyclic) bond motifs is 1. The number of aromatic nitrogens is 1. The summed E-state index contributed by atoms with van der Waals surface area (Å²) in [6.45, 7) is 6.86. The molecule has 0 radical (unpaired) electrons. The Morgan fingerprint density at radius 1 is 1.00 bits per heavy atom. The van der Waals surface area contributed by atoms with Crippen molar-refractivity contribution in [3.8, 4) is 0 Å². The van der Waals surface area contributed by atoms with Crippen LogP contribution < -0.4 is 4.90 Å². The van der Waals surface area contributed by atoms with E-state index in [-0.39, 0.29) is 0 Å². The Labute approximate surface area is 110 Å². The van der Waals surface area contributed by atoms with E-state index < -0.39 is 0 Å². The summed E-state index contributed by atoms with van der Waals surface area (Å²) in [7, 11) is 0. The fourth-order valence-corrected chi connectivity index (χ4v) is 2.31. The van der Waals surface area contributed by atoms with Crippen molar-refractivity contribution in [3.63, 3.8) is 0 Å². The average Bonchev–Trinajstić information content (AvgIpc) is 2.86. The Bertz CT molecular complexity index is 465. The molecule has 0 spiro atoms. The molecule has 1 N–H and O–H groups in total. The minimum Gasteiger partial charge on any atom is -0.372 e. The molecule has 98 valence electrons. The molecule has 2 nitrogen and oxygen atoms in total. The van der Waals surface area contributed by atoms with Gasteiger partial charge in [0.15, 0.2) is 0 Å². The van der Waals surface area contributed by atoms with Crippen molar-refractivity contribution in [1.29, 1.82) is 0 Å². The maximum atomic E-state index is 3.25. The molecular formula is C16H24N2. The summed E-state index contributed by atoms with van der Waals surface area (Å²) < 4.78 is 0. The summed E-state index contributed by atoms with van der Waals surface area (Å²) in [5, 5.41) is 1.31. The Balaban J connectivity index is 2.16. The van der Waals surface area contributed by atoms with Crippen molar-refractivity contribution in [2.45, 2.75) is 39.5 Å². The van der Waals surface area contributed by atoms with Crippen LogP contribution >= 0.6 is 0 Å². The number of anilines is 1. The second-order valence-electron chi connectivity index (χ2n) is 4.94. The Morgan fingerprint density at radius 3 is 2.39 bits per heavy atom. The number of hydrogen-bond acceptors (Lipinski definition) is 1. The smallest absolute Gasteiger partial charge is 0.0455 e. The fraction of sp³-hybridized carbons (Fsp3) is 0.500. The first-order chi connectivity index (χ1) is 8.85. The predicted molar refractivity (Wildman–Crippen MR) is 80.3 cm³/mol. The molecule has 0 saturated carbocycles. The number of benzene rings is 1. The molecule has 1 aromatic carbocycles. The van der Waals surface area contributed by atoms with Crippen LogP contribution in [0.3, 0.4) is 0 Å². The Morgan fingerprint density at radius 2 is 1.72 bits per heavy atom. The first kappa shape index (κ1) is 13.0. The molecule has 18 heavy (non-hydrogen) atoms. The van der Waals surface area contributed by atoms with E-state index in [0.717, 1.165) is 0 Å². The van der Waals surface area contributed by atoms with Crippen LogP contribution in [-0.2, 0) is 0 Å². The number of nitrogens with one attached hydrogen (secondary N) is 1. The van der Waals surface area contributed by atoms with Gasteiger partial charge in [-0.15, -0.1) is 0 Å². The van der Waals surface area contributed by atoms with Crippen LogP contribution in [0.2, 0.25) is 0 Å². The molecule has 0 saturated heterocycles. The number of hydrogen-bond donors (Lipinski definition) is 1. The third kappa shape index (κ3) is 3.06. The molecule has 0 atom stereocenters. The molecule has 0 aliphatic carbocycles. The van der Waals surface area contributed by atoms with Crippen molar-refractivity contribution in [1.82, 2.24) is 4.98 Å². The topological polar surface area (TPSA) is 19.0 Å². The molecule has 2 heteroatoms. The molecular weight excluding hydrogens is 220 g/mol. The van der Waals surface area contributed by atoms with Gasteiger partial charge in [0.25, 0.3) is 0 Å². The average molecular weight is 244 g/mol. The third-order valence-corrected chi connectivity index (χ3v) is 3.47. The molecule has 2 aromatic rings. The second-order valence-corrected chi connectivity index (χ2v) is 4.94. The van der Waals surface area contributed by atoms with Gasteiger partial charge >= 0.3 is 0 Å². The van der Waals surface area contributed by atoms with Crippen LogP contribution in [0.1, 0.15) is 39.5 Å². The van der Waals surface area contributed by atoms with Crippen LogP contribution in [0.4, 0.5) is 5.69 Å². The van der Waals surface area contributed by atoms with Gasteiger partial charge in [-0.1, -0.05) is 26.7 Å². The molecule has 1 aromatic heterocycles. The van der Waals surface area contributed by atoms with E-state index in [2.05, 4.69) is 48.0 Å². The maximum absolute atomic E-state index is 3.25. The van der Waals surface area contributed by atoms with Crippen molar-refractivity contribution in [3.05, 3.63) is 30.5 Å². The number of H-pyrrole nitrogens is 1. The van der Waals surface area contributed by atoms with E-state index in [1.165, 1.54) is 55.4 Å². The van der Waals surface area contributed by atoms with Gasteiger partial charge in [-0.3, -0.25) is 0 Å². The molecule has 0 aliphatic heterocycles. The van der Waals surface area contributed by atoms with Gasteiger partial charge in [-0.2, -0.15) is 0 Å². The lowest BCUT2D eigenvalue weighted by Gasteiger charge is -2.24. The molecule has 0 bridgehead atoms. The molecule has 0 unspecified atom stereocenters. The van der Waals surface area contributed by atoms with Crippen molar-refractivity contribution in [2.75, 3.05) is 18.0 Å². The monoisotopic (exact) mass is 244 g/mol. The summed E-state index contributed by atoms with van der Waals surface area (Å²) >= 11 is 0. The van der Waals surface area contributed by atoms with Crippen molar-refractivity contribution in [2.24, 2.45) is 0 Å². The van der Waals surface area contributed by atoms with Gasteiger partial charge < -0.3 is 9.88 Å². The molecule has 2 rings (SSSR count). The van der Waals surface area contributed by atoms with Gasteiger partial charge in [0.05, 0.1) is 0 Å². The standard InChI is InChI=1S/C16H24N2/c1-3-5-11-18(12-6-4-2)15-7-8-16-14(13-15)9-10-17-16/h7-10,13,17H,3-6,11-12H2,1-2H3. The lowest BCUT2D eigenvalue weighted by atomic mass is 10.2. The van der Waals surface area contributed by atoms with Crippen LogP contribution in [0, 0.1) is 0 Å². The van der Waals surface area contributed by atoms with E-state index in [1.807, 2.05) is 6.20 Å². The van der Waals surface area contributed by atoms with Crippen LogP contribution in [-0.4, -0.2) is 18.1 Å². The van der Waals surface area contributed by atoms with Gasteiger partial charge in [-0.05, 0) is 37.1 Å². The van der Waals surface area contributed by atoms with Crippen LogP contribution in [0.5, 0.6) is 0 Å². The number of unbranched alkanes of at least 4 members (excludes halogenated alkanes) is 2. The van der Waals surface area contributed by atoms with E-state index in [9.17, 15) is 0 Å².